The molecule has 0 bridgehead atoms. The zero-order chi connectivity index (χ0) is 17.6. The number of hydrogen-bond donors (Lipinski definition) is 4. The van der Waals surface area contributed by atoms with Crippen LogP contribution in [0.1, 0.15) is 20.3 Å². The molecule has 24 heavy (non-hydrogen) atoms. The number of amides is 1. The summed E-state index contributed by atoms with van der Waals surface area (Å²) >= 11 is 0. The van der Waals surface area contributed by atoms with E-state index in [1.165, 1.54) is 0 Å². The molecule has 0 radical (unpaired) electrons. The third kappa shape index (κ3) is 2.64. The predicted octanol–water partition coefficient (Wildman–Crippen LogP) is -0.557. The maximum Gasteiger partial charge on any atom is 0.230 e. The second-order valence-corrected chi connectivity index (χ2v) is 6.96. The number of rotatable bonds is 3. The Morgan fingerprint density at radius 1 is 1.33 bits per heavy atom. The number of likely N-dealkylation sites (tertiary alicyclic amines) is 1. The number of likely N-dealkylation sites (N-methyl/N-ethyl adjacent to an activating group) is 1. The van der Waals surface area contributed by atoms with Crippen LogP contribution >= 0.6 is 0 Å². The fraction of sp³-hybridized carbons (Fsp3) is 0.688. The van der Waals surface area contributed by atoms with Gasteiger partial charge in [-0.25, -0.2) is 0 Å². The van der Waals surface area contributed by atoms with Crippen LogP contribution in [0.2, 0.25) is 0 Å². The van der Waals surface area contributed by atoms with Gasteiger partial charge in [0.1, 0.15) is 24.1 Å². The SMILES string of the molecule is CC1=C(C)C(NC2=CC3C(CCN3C)C(=O)N2)C(O)C(N=O)C1O. The zero-order valence-corrected chi connectivity index (χ0v) is 14.1. The number of carbonyl (C=O) groups is 1. The van der Waals surface area contributed by atoms with Gasteiger partial charge in [0.2, 0.25) is 5.91 Å². The summed E-state index contributed by atoms with van der Waals surface area (Å²) in [7, 11) is 1.98. The highest BCUT2D eigenvalue weighted by Gasteiger charge is 2.43. The van der Waals surface area contributed by atoms with Crippen LogP contribution in [0.4, 0.5) is 0 Å². The minimum absolute atomic E-state index is 0.0259. The summed E-state index contributed by atoms with van der Waals surface area (Å²) in [5.41, 5.74) is 1.35. The second kappa shape index (κ2) is 6.27. The molecule has 1 fully saturated rings. The number of aliphatic hydroxyl groups is 2. The van der Waals surface area contributed by atoms with E-state index >= 15 is 0 Å². The van der Waals surface area contributed by atoms with Gasteiger partial charge in [0.25, 0.3) is 0 Å². The Bertz CT molecular complexity index is 617. The predicted molar refractivity (Wildman–Crippen MR) is 87.6 cm³/mol. The molecule has 8 heteroatoms. The van der Waals surface area contributed by atoms with E-state index in [2.05, 4.69) is 20.7 Å². The van der Waals surface area contributed by atoms with Crippen molar-refractivity contribution in [2.45, 2.75) is 50.6 Å². The molecule has 0 aromatic rings. The Kier molecular flexibility index (Phi) is 4.46. The van der Waals surface area contributed by atoms with Gasteiger partial charge in [0.15, 0.2) is 0 Å². The Labute approximate surface area is 140 Å². The van der Waals surface area contributed by atoms with Crippen molar-refractivity contribution < 1.29 is 15.0 Å². The van der Waals surface area contributed by atoms with Crippen molar-refractivity contribution >= 4 is 5.91 Å². The van der Waals surface area contributed by atoms with Crippen LogP contribution in [-0.2, 0) is 4.79 Å². The quantitative estimate of drug-likeness (QED) is 0.406. The molecule has 0 aromatic carbocycles. The zero-order valence-electron chi connectivity index (χ0n) is 14.1. The highest BCUT2D eigenvalue weighted by Crippen LogP contribution is 2.30. The van der Waals surface area contributed by atoms with Crippen LogP contribution in [0.5, 0.6) is 0 Å². The molecule has 3 rings (SSSR count). The maximum absolute atomic E-state index is 12.3. The summed E-state index contributed by atoms with van der Waals surface area (Å²) < 4.78 is 0. The van der Waals surface area contributed by atoms with Gasteiger partial charge in [-0.1, -0.05) is 5.18 Å². The number of hydrogen-bond acceptors (Lipinski definition) is 7. The van der Waals surface area contributed by atoms with Crippen molar-refractivity contribution in [1.82, 2.24) is 15.5 Å². The lowest BCUT2D eigenvalue weighted by Gasteiger charge is -2.38. The number of nitrogens with zero attached hydrogens (tertiary/aromatic N) is 2. The first-order valence-corrected chi connectivity index (χ1v) is 8.20. The first kappa shape index (κ1) is 17.1. The van der Waals surface area contributed by atoms with Gasteiger partial charge < -0.3 is 20.8 Å². The van der Waals surface area contributed by atoms with Gasteiger partial charge in [-0.3, -0.25) is 9.69 Å². The molecule has 6 unspecified atom stereocenters. The van der Waals surface area contributed by atoms with Crippen LogP contribution in [0.25, 0.3) is 0 Å². The van der Waals surface area contributed by atoms with E-state index in [1.807, 2.05) is 13.1 Å². The molecule has 2 aliphatic heterocycles. The molecule has 2 heterocycles. The van der Waals surface area contributed by atoms with E-state index in [1.54, 1.807) is 13.8 Å². The lowest BCUT2D eigenvalue weighted by atomic mass is 9.81. The summed E-state index contributed by atoms with van der Waals surface area (Å²) in [4.78, 5) is 25.4. The van der Waals surface area contributed by atoms with Crippen molar-refractivity contribution in [1.29, 1.82) is 0 Å². The molecular formula is C16H24N4O4. The molecule has 132 valence electrons. The highest BCUT2D eigenvalue weighted by molar-refractivity contribution is 5.83. The van der Waals surface area contributed by atoms with Gasteiger partial charge in [-0.05, 0) is 51.1 Å². The van der Waals surface area contributed by atoms with E-state index in [0.29, 0.717) is 11.4 Å². The largest absolute Gasteiger partial charge is 0.388 e. The Hall–Kier alpha value is -1.77. The van der Waals surface area contributed by atoms with Crippen molar-refractivity contribution in [2.75, 3.05) is 13.6 Å². The van der Waals surface area contributed by atoms with Crippen molar-refractivity contribution in [3.8, 4) is 0 Å². The summed E-state index contributed by atoms with van der Waals surface area (Å²) in [6.07, 6.45) is 0.515. The Morgan fingerprint density at radius 3 is 2.71 bits per heavy atom. The van der Waals surface area contributed by atoms with Crippen LogP contribution < -0.4 is 10.6 Å². The number of nitrogens with one attached hydrogen (secondary N) is 2. The summed E-state index contributed by atoms with van der Waals surface area (Å²) in [5.74, 6) is 0.428. The second-order valence-electron chi connectivity index (χ2n) is 6.96. The van der Waals surface area contributed by atoms with E-state index in [0.717, 1.165) is 18.5 Å². The molecule has 1 aliphatic carbocycles. The summed E-state index contributed by atoms with van der Waals surface area (Å²) in [6.45, 7) is 4.36. The van der Waals surface area contributed by atoms with Crippen molar-refractivity contribution in [2.24, 2.45) is 11.1 Å². The highest BCUT2D eigenvalue weighted by atomic mass is 16.3. The average Bonchev–Trinajstić information content (AvgIpc) is 2.92. The van der Waals surface area contributed by atoms with Crippen LogP contribution in [0, 0.1) is 10.8 Å². The number of carbonyl (C=O) groups excluding carboxylic acids is 1. The molecule has 6 atom stereocenters. The molecule has 1 amide bonds. The van der Waals surface area contributed by atoms with E-state index in [-0.39, 0.29) is 17.9 Å². The fourth-order valence-corrected chi connectivity index (χ4v) is 3.88. The van der Waals surface area contributed by atoms with Crippen molar-refractivity contribution in [3.63, 3.8) is 0 Å². The minimum Gasteiger partial charge on any atom is -0.388 e. The van der Waals surface area contributed by atoms with Gasteiger partial charge in [-0.2, -0.15) is 4.91 Å². The molecule has 3 aliphatic rings. The first-order chi connectivity index (χ1) is 11.3. The Morgan fingerprint density at radius 2 is 2.04 bits per heavy atom. The third-order valence-corrected chi connectivity index (χ3v) is 5.63. The molecule has 0 spiro atoms. The van der Waals surface area contributed by atoms with Gasteiger partial charge >= 0.3 is 0 Å². The smallest absolute Gasteiger partial charge is 0.230 e. The van der Waals surface area contributed by atoms with E-state index in [9.17, 15) is 19.9 Å². The normalized spacial score (nSPS) is 40.0. The summed E-state index contributed by atoms with van der Waals surface area (Å²) in [5, 5.41) is 29.3. The third-order valence-electron chi connectivity index (χ3n) is 5.63. The standard InChI is InChI=1S/C16H24N4O4/c1-7-8(2)14(21)13(19-24)15(22)12(7)17-11-6-10-9(16(23)18-11)4-5-20(10)3/h6,9-10,12-15,17,21-22H,4-5H2,1-3H3,(H,18,23). The van der Waals surface area contributed by atoms with Crippen molar-refractivity contribution in [3.05, 3.63) is 28.0 Å². The van der Waals surface area contributed by atoms with Gasteiger partial charge in [-0.15, -0.1) is 0 Å². The maximum atomic E-state index is 12.3. The molecular weight excluding hydrogens is 312 g/mol. The molecule has 8 nitrogen and oxygen atoms in total. The molecule has 4 N–H and O–H groups in total. The van der Waals surface area contributed by atoms with E-state index in [4.69, 9.17) is 0 Å². The molecule has 0 aromatic heterocycles. The summed E-state index contributed by atoms with van der Waals surface area (Å²) in [6, 6.07) is -1.70. The van der Waals surface area contributed by atoms with Gasteiger partial charge in [0.05, 0.1) is 12.0 Å². The number of nitroso groups, excluding NO2 is 1. The van der Waals surface area contributed by atoms with Crippen LogP contribution in [0.3, 0.4) is 0 Å². The van der Waals surface area contributed by atoms with Crippen LogP contribution in [0.15, 0.2) is 28.2 Å². The van der Waals surface area contributed by atoms with Crippen LogP contribution in [-0.4, -0.2) is 64.9 Å². The lowest BCUT2D eigenvalue weighted by molar-refractivity contribution is -0.125. The first-order valence-electron chi connectivity index (χ1n) is 8.20. The minimum atomic E-state index is -1.17. The topological polar surface area (TPSA) is 114 Å². The van der Waals surface area contributed by atoms with E-state index < -0.39 is 24.3 Å². The fourth-order valence-electron chi connectivity index (χ4n) is 3.88. The molecule has 0 saturated carbocycles. The average molecular weight is 336 g/mol. The number of aliphatic hydroxyl groups excluding tert-OH is 2. The monoisotopic (exact) mass is 336 g/mol. The lowest BCUT2D eigenvalue weighted by Crippen LogP contribution is -2.57. The Balaban J connectivity index is 1.86. The molecule has 1 saturated heterocycles. The van der Waals surface area contributed by atoms with Gasteiger partial charge in [0, 0.05) is 6.04 Å². The number of fused-ring (bicyclic) bond motifs is 1.